The van der Waals surface area contributed by atoms with Crippen molar-refractivity contribution in [2.75, 3.05) is 13.1 Å². The summed E-state index contributed by atoms with van der Waals surface area (Å²) in [6, 6.07) is 10.6. The Bertz CT molecular complexity index is 1020. The Labute approximate surface area is 169 Å². The van der Waals surface area contributed by atoms with Gasteiger partial charge in [-0.05, 0) is 38.5 Å². The molecule has 1 saturated heterocycles. The molecule has 0 N–H and O–H groups in total. The average molecular weight is 417 g/mol. The van der Waals surface area contributed by atoms with Crippen LogP contribution < -0.4 is 0 Å². The van der Waals surface area contributed by atoms with E-state index in [4.69, 9.17) is 0 Å². The molecule has 1 fully saturated rings. The van der Waals surface area contributed by atoms with Gasteiger partial charge in [0.1, 0.15) is 6.04 Å². The average Bonchev–Trinajstić information content (AvgIpc) is 3.46. The fourth-order valence-electron chi connectivity index (χ4n) is 3.43. The zero-order chi connectivity index (χ0) is 21.3. The van der Waals surface area contributed by atoms with Crippen molar-refractivity contribution in [1.82, 2.24) is 9.21 Å². The molecule has 8 nitrogen and oxygen atoms in total. The number of amides is 1. The van der Waals surface area contributed by atoms with Crippen LogP contribution >= 0.6 is 0 Å². The number of sulfonamides is 1. The van der Waals surface area contributed by atoms with Gasteiger partial charge in [-0.3, -0.25) is 14.9 Å². The van der Waals surface area contributed by atoms with E-state index >= 15 is 0 Å². The van der Waals surface area contributed by atoms with Crippen molar-refractivity contribution in [2.24, 2.45) is 0 Å². The lowest BCUT2D eigenvalue weighted by Gasteiger charge is -2.18. The maximum Gasteiger partial charge on any atom is 0.269 e. The first-order valence-electron chi connectivity index (χ1n) is 9.35. The third-order valence-corrected chi connectivity index (χ3v) is 7.00. The molecule has 3 rings (SSSR count). The number of hydrogen-bond acceptors (Lipinski definition) is 5. The molecule has 0 bridgehead atoms. The van der Waals surface area contributed by atoms with E-state index in [9.17, 15) is 23.3 Å². The van der Waals surface area contributed by atoms with Crippen LogP contribution in [0.1, 0.15) is 31.0 Å². The van der Waals surface area contributed by atoms with Gasteiger partial charge in [-0.2, -0.15) is 4.31 Å². The Kier molecular flexibility index (Phi) is 5.72. The molecule has 9 heteroatoms. The van der Waals surface area contributed by atoms with Crippen molar-refractivity contribution in [1.29, 1.82) is 0 Å². The van der Waals surface area contributed by atoms with E-state index in [1.54, 1.807) is 17.0 Å². The predicted octanol–water partition coefficient (Wildman–Crippen LogP) is 2.89. The normalized spacial score (nSPS) is 20.9. The molecule has 0 spiro atoms. The number of carbonyl (C=O) groups excluding carboxylic acids is 1. The zero-order valence-electron chi connectivity index (χ0n) is 16.5. The highest BCUT2D eigenvalue weighted by Crippen LogP contribution is 2.48. The zero-order valence-corrected chi connectivity index (χ0v) is 17.3. The SMILES string of the molecule is CCN(CC)C(=O)[C@H]1[C@H](c2ccc([N+](=O)[O-])cc2)N1S(=O)(=O)c1ccc(C)cc1. The molecule has 0 saturated carbocycles. The summed E-state index contributed by atoms with van der Waals surface area (Å²) in [7, 11) is -3.90. The first-order valence-corrected chi connectivity index (χ1v) is 10.8. The van der Waals surface area contributed by atoms with Crippen molar-refractivity contribution in [2.45, 2.75) is 37.8 Å². The summed E-state index contributed by atoms with van der Waals surface area (Å²) in [5.41, 5.74) is 1.39. The Morgan fingerprint density at radius 3 is 2.10 bits per heavy atom. The number of hydrogen-bond donors (Lipinski definition) is 0. The van der Waals surface area contributed by atoms with Crippen LogP contribution in [0.2, 0.25) is 0 Å². The van der Waals surface area contributed by atoms with E-state index in [0.29, 0.717) is 18.7 Å². The lowest BCUT2D eigenvalue weighted by Crippen LogP contribution is -2.36. The molecule has 2 aromatic carbocycles. The summed E-state index contributed by atoms with van der Waals surface area (Å²) in [6.07, 6.45) is 0. The second kappa shape index (κ2) is 7.92. The fourth-order valence-corrected chi connectivity index (χ4v) is 5.14. The number of nitro groups is 1. The summed E-state index contributed by atoms with van der Waals surface area (Å²) >= 11 is 0. The smallest absolute Gasteiger partial charge is 0.269 e. The van der Waals surface area contributed by atoms with Crippen LogP contribution in [0.4, 0.5) is 5.69 Å². The van der Waals surface area contributed by atoms with Gasteiger partial charge in [0.05, 0.1) is 15.9 Å². The van der Waals surface area contributed by atoms with Gasteiger partial charge >= 0.3 is 0 Å². The van der Waals surface area contributed by atoms with Crippen LogP contribution in [0.5, 0.6) is 0 Å². The molecule has 1 aliphatic heterocycles. The minimum Gasteiger partial charge on any atom is -0.342 e. The van der Waals surface area contributed by atoms with Crippen LogP contribution in [-0.2, 0) is 14.8 Å². The molecule has 0 radical (unpaired) electrons. The summed E-state index contributed by atoms with van der Waals surface area (Å²) in [4.78, 5) is 25.1. The summed E-state index contributed by atoms with van der Waals surface area (Å²) in [5.74, 6) is -0.269. The molecule has 0 aliphatic carbocycles. The maximum absolute atomic E-state index is 13.2. The van der Waals surface area contributed by atoms with Crippen molar-refractivity contribution < 1.29 is 18.1 Å². The third-order valence-electron chi connectivity index (χ3n) is 5.13. The molecular weight excluding hydrogens is 394 g/mol. The van der Waals surface area contributed by atoms with Crippen molar-refractivity contribution in [3.8, 4) is 0 Å². The third kappa shape index (κ3) is 3.88. The number of benzene rings is 2. The Morgan fingerprint density at radius 2 is 1.62 bits per heavy atom. The summed E-state index contributed by atoms with van der Waals surface area (Å²) < 4.78 is 27.6. The van der Waals surface area contributed by atoms with Gasteiger partial charge in [0, 0.05) is 25.2 Å². The summed E-state index contributed by atoms with van der Waals surface area (Å²) in [5, 5.41) is 10.9. The van der Waals surface area contributed by atoms with Gasteiger partial charge in [-0.25, -0.2) is 8.42 Å². The molecule has 1 aliphatic rings. The first kappa shape index (κ1) is 20.9. The van der Waals surface area contributed by atoms with Crippen molar-refractivity contribution >= 4 is 21.6 Å². The van der Waals surface area contributed by atoms with Gasteiger partial charge in [-0.1, -0.05) is 29.8 Å². The van der Waals surface area contributed by atoms with Gasteiger partial charge in [0.15, 0.2) is 0 Å². The second-order valence-corrected chi connectivity index (χ2v) is 8.74. The minimum atomic E-state index is -3.90. The Balaban J connectivity index is 2.00. The molecule has 154 valence electrons. The van der Waals surface area contributed by atoms with Crippen LogP contribution in [0.15, 0.2) is 53.4 Å². The van der Waals surface area contributed by atoms with Crippen LogP contribution in [-0.4, -0.2) is 47.6 Å². The topological polar surface area (TPSA) is 101 Å². The highest BCUT2D eigenvalue weighted by molar-refractivity contribution is 7.89. The van der Waals surface area contributed by atoms with Gasteiger partial charge in [0.25, 0.3) is 5.69 Å². The lowest BCUT2D eigenvalue weighted by atomic mass is 10.1. The van der Waals surface area contributed by atoms with Crippen molar-refractivity contribution in [3.05, 3.63) is 69.8 Å². The molecule has 2 aromatic rings. The number of aryl methyl sites for hydroxylation is 1. The van der Waals surface area contributed by atoms with E-state index in [1.807, 2.05) is 20.8 Å². The van der Waals surface area contributed by atoms with E-state index in [1.165, 1.54) is 40.7 Å². The number of non-ortho nitro benzene ring substituents is 1. The van der Waals surface area contributed by atoms with E-state index in [0.717, 1.165) is 5.56 Å². The van der Waals surface area contributed by atoms with Crippen LogP contribution in [0.25, 0.3) is 0 Å². The monoisotopic (exact) mass is 417 g/mol. The Morgan fingerprint density at radius 1 is 1.07 bits per heavy atom. The van der Waals surface area contributed by atoms with E-state index in [2.05, 4.69) is 0 Å². The molecule has 1 unspecified atom stereocenters. The lowest BCUT2D eigenvalue weighted by molar-refractivity contribution is -0.384. The number of rotatable bonds is 7. The highest BCUT2D eigenvalue weighted by Gasteiger charge is 2.61. The van der Waals surface area contributed by atoms with E-state index < -0.39 is 27.0 Å². The molecule has 3 atom stereocenters. The van der Waals surface area contributed by atoms with Gasteiger partial charge < -0.3 is 4.90 Å². The van der Waals surface area contributed by atoms with Gasteiger partial charge in [0.2, 0.25) is 15.9 Å². The second-order valence-electron chi connectivity index (χ2n) is 6.90. The molecule has 29 heavy (non-hydrogen) atoms. The number of carbonyl (C=O) groups is 1. The van der Waals surface area contributed by atoms with Crippen LogP contribution in [0.3, 0.4) is 0 Å². The molecule has 1 amide bonds. The quantitative estimate of drug-likeness (QED) is 0.392. The minimum absolute atomic E-state index is 0.0889. The number of nitrogens with zero attached hydrogens (tertiary/aromatic N) is 3. The number of nitro benzene ring substituents is 1. The number of likely N-dealkylation sites (N-methyl/N-ethyl adjacent to an activating group) is 1. The van der Waals surface area contributed by atoms with Gasteiger partial charge in [-0.15, -0.1) is 0 Å². The highest BCUT2D eigenvalue weighted by atomic mass is 32.2. The van der Waals surface area contributed by atoms with Crippen LogP contribution in [0, 0.1) is 17.0 Å². The first-order chi connectivity index (χ1) is 13.7. The fraction of sp³-hybridized carbons (Fsp3) is 0.350. The molecule has 0 aromatic heterocycles. The molecular formula is C20H23N3O5S. The maximum atomic E-state index is 13.2. The molecule has 1 heterocycles. The standard InChI is InChI=1S/C20H23N3O5S/c1-4-21(5-2)20(24)19-18(15-8-10-16(11-9-15)23(25)26)22(19)29(27,28)17-12-6-14(3)7-13-17/h6-13,18-19H,4-5H2,1-3H3/t18-,19+,22?/m0/s1. The summed E-state index contributed by atoms with van der Waals surface area (Å²) in [6.45, 7) is 6.47. The Hall–Kier alpha value is -2.78. The van der Waals surface area contributed by atoms with E-state index in [-0.39, 0.29) is 16.5 Å². The van der Waals surface area contributed by atoms with Crippen molar-refractivity contribution in [3.63, 3.8) is 0 Å². The largest absolute Gasteiger partial charge is 0.342 e. The predicted molar refractivity (Wildman–Crippen MR) is 108 cm³/mol.